The van der Waals surface area contributed by atoms with Crippen LogP contribution in [0, 0.1) is 0 Å². The highest BCUT2D eigenvalue weighted by Crippen LogP contribution is 2.31. The minimum atomic E-state index is -0.391. The molecule has 9 heteroatoms. The van der Waals surface area contributed by atoms with Crippen molar-refractivity contribution in [2.24, 2.45) is 0 Å². The van der Waals surface area contributed by atoms with Crippen molar-refractivity contribution in [2.75, 3.05) is 37.8 Å². The molecule has 1 saturated heterocycles. The number of aryl methyl sites for hydroxylation is 1. The van der Waals surface area contributed by atoms with Gasteiger partial charge in [0.05, 0.1) is 25.5 Å². The van der Waals surface area contributed by atoms with Crippen LogP contribution in [0.15, 0.2) is 42.6 Å². The van der Waals surface area contributed by atoms with Crippen LogP contribution in [0.5, 0.6) is 0 Å². The molecule has 4 heterocycles. The predicted molar refractivity (Wildman–Crippen MR) is 133 cm³/mol. The lowest BCUT2D eigenvalue weighted by Gasteiger charge is -2.27. The zero-order valence-electron chi connectivity index (χ0n) is 19.5. The highest BCUT2D eigenvalue weighted by atomic mass is 16.5. The monoisotopic (exact) mass is 470 g/mol. The van der Waals surface area contributed by atoms with Gasteiger partial charge < -0.3 is 19.4 Å². The molecule has 0 atom stereocenters. The summed E-state index contributed by atoms with van der Waals surface area (Å²) in [6.45, 7) is 4.69. The van der Waals surface area contributed by atoms with Gasteiger partial charge in [-0.3, -0.25) is 4.57 Å². The molecule has 178 valence electrons. The number of ether oxygens (including phenoxy) is 2. The fourth-order valence-electron chi connectivity index (χ4n) is 4.72. The smallest absolute Gasteiger partial charge is 0.355 e. The second-order valence-corrected chi connectivity index (χ2v) is 8.54. The number of rotatable bonds is 5. The fraction of sp³-hybridized carbons (Fsp3) is 0.308. The van der Waals surface area contributed by atoms with E-state index in [2.05, 4.69) is 16.0 Å². The SMILES string of the molecule is CCOC(=O)c1cc2c(n1-c1nc(-c3cccc4[nH]ccc34)nc(N3CCOCC3)n1)C=CCC2. The lowest BCUT2D eigenvalue weighted by molar-refractivity contribution is 0.0516. The molecule has 0 spiro atoms. The maximum atomic E-state index is 13.0. The van der Waals surface area contributed by atoms with E-state index < -0.39 is 5.97 Å². The van der Waals surface area contributed by atoms with Gasteiger partial charge in [0.25, 0.3) is 0 Å². The first-order chi connectivity index (χ1) is 17.2. The summed E-state index contributed by atoms with van der Waals surface area (Å²) in [6.07, 6.45) is 7.83. The van der Waals surface area contributed by atoms with Gasteiger partial charge in [0.1, 0.15) is 5.69 Å². The van der Waals surface area contributed by atoms with Gasteiger partial charge in [-0.1, -0.05) is 18.2 Å². The third kappa shape index (κ3) is 3.87. The van der Waals surface area contributed by atoms with Crippen molar-refractivity contribution >= 4 is 28.9 Å². The van der Waals surface area contributed by atoms with Crippen molar-refractivity contribution in [1.29, 1.82) is 0 Å². The average Bonchev–Trinajstić information content (AvgIpc) is 3.54. The van der Waals surface area contributed by atoms with Crippen LogP contribution >= 0.6 is 0 Å². The summed E-state index contributed by atoms with van der Waals surface area (Å²) in [5, 5.41) is 1.03. The van der Waals surface area contributed by atoms with Crippen molar-refractivity contribution in [3.05, 3.63) is 59.6 Å². The van der Waals surface area contributed by atoms with Crippen LogP contribution in [0.25, 0.3) is 34.3 Å². The van der Waals surface area contributed by atoms with Crippen LogP contribution in [0.2, 0.25) is 0 Å². The summed E-state index contributed by atoms with van der Waals surface area (Å²) in [7, 11) is 0. The second-order valence-electron chi connectivity index (χ2n) is 8.54. The maximum absolute atomic E-state index is 13.0. The molecule has 0 amide bonds. The number of aromatic nitrogens is 5. The van der Waals surface area contributed by atoms with E-state index in [0.29, 0.717) is 56.3 Å². The number of carbonyl (C=O) groups is 1. The van der Waals surface area contributed by atoms with Crippen molar-refractivity contribution in [2.45, 2.75) is 19.8 Å². The summed E-state index contributed by atoms with van der Waals surface area (Å²) in [5.74, 6) is 1.13. The molecule has 1 aromatic carbocycles. The highest BCUT2D eigenvalue weighted by Gasteiger charge is 2.26. The number of esters is 1. The van der Waals surface area contributed by atoms with Crippen molar-refractivity contribution in [3.8, 4) is 17.3 Å². The molecule has 35 heavy (non-hydrogen) atoms. The number of fused-ring (bicyclic) bond motifs is 2. The van der Waals surface area contributed by atoms with Crippen LogP contribution in [-0.2, 0) is 15.9 Å². The molecule has 1 N–H and O–H groups in total. The number of anilines is 1. The number of nitrogens with zero attached hydrogens (tertiary/aromatic N) is 5. The molecule has 9 nitrogen and oxygen atoms in total. The Morgan fingerprint density at radius 3 is 2.86 bits per heavy atom. The number of benzene rings is 1. The van der Waals surface area contributed by atoms with Gasteiger partial charge in [0.15, 0.2) is 5.82 Å². The van der Waals surface area contributed by atoms with E-state index in [-0.39, 0.29) is 0 Å². The second kappa shape index (κ2) is 8.99. The normalized spacial score (nSPS) is 15.4. The van der Waals surface area contributed by atoms with Gasteiger partial charge in [0.2, 0.25) is 11.9 Å². The van der Waals surface area contributed by atoms with Crippen molar-refractivity contribution in [3.63, 3.8) is 0 Å². The fourth-order valence-corrected chi connectivity index (χ4v) is 4.72. The molecular weight excluding hydrogens is 444 g/mol. The molecule has 4 aromatic rings. The van der Waals surface area contributed by atoms with Gasteiger partial charge in [-0.15, -0.1) is 0 Å². The van der Waals surface area contributed by atoms with Gasteiger partial charge >= 0.3 is 5.97 Å². The van der Waals surface area contributed by atoms with Crippen LogP contribution in [-0.4, -0.2) is 63.4 Å². The van der Waals surface area contributed by atoms with Gasteiger partial charge in [-0.2, -0.15) is 15.0 Å². The predicted octanol–water partition coefficient (Wildman–Crippen LogP) is 3.78. The topological polar surface area (TPSA) is 98.2 Å². The number of carbonyl (C=O) groups excluding carboxylic acids is 1. The number of nitrogens with one attached hydrogen (secondary N) is 1. The molecule has 3 aromatic heterocycles. The van der Waals surface area contributed by atoms with E-state index in [0.717, 1.165) is 40.6 Å². The summed E-state index contributed by atoms with van der Waals surface area (Å²) < 4.78 is 12.8. The number of hydrogen-bond donors (Lipinski definition) is 1. The number of H-pyrrole nitrogens is 1. The standard InChI is InChI=1S/C26H26N6O3/c1-2-35-24(33)22-16-17-6-3-4-9-21(17)32(22)26-29-23(19-7-5-8-20-18(19)10-11-27-20)28-25(30-26)31-12-14-34-15-13-31/h4-5,7-11,16,27H,2-3,6,12-15H2,1H3. The van der Waals surface area contributed by atoms with Crippen LogP contribution in [0.3, 0.4) is 0 Å². The Bertz CT molecular complexity index is 1430. The molecular formula is C26H26N6O3. The van der Waals surface area contributed by atoms with Crippen LogP contribution in [0.4, 0.5) is 5.95 Å². The third-order valence-corrected chi connectivity index (χ3v) is 6.40. The Hall–Kier alpha value is -3.98. The third-order valence-electron chi connectivity index (χ3n) is 6.40. The van der Waals surface area contributed by atoms with E-state index in [1.807, 2.05) is 47.2 Å². The average molecular weight is 471 g/mol. The minimum Gasteiger partial charge on any atom is -0.461 e. The zero-order valence-corrected chi connectivity index (χ0v) is 19.5. The van der Waals surface area contributed by atoms with Crippen LogP contribution in [0.1, 0.15) is 35.1 Å². The molecule has 1 aliphatic heterocycles. The van der Waals surface area contributed by atoms with E-state index in [4.69, 9.17) is 24.4 Å². The van der Waals surface area contributed by atoms with E-state index >= 15 is 0 Å². The Morgan fingerprint density at radius 2 is 2.00 bits per heavy atom. The zero-order chi connectivity index (χ0) is 23.8. The summed E-state index contributed by atoms with van der Waals surface area (Å²) >= 11 is 0. The minimum absolute atomic E-state index is 0.293. The van der Waals surface area contributed by atoms with Crippen molar-refractivity contribution < 1.29 is 14.3 Å². The quantitative estimate of drug-likeness (QED) is 0.443. The maximum Gasteiger partial charge on any atom is 0.355 e. The first-order valence-electron chi connectivity index (χ1n) is 12.0. The first-order valence-corrected chi connectivity index (χ1v) is 12.0. The molecule has 0 saturated carbocycles. The summed E-state index contributed by atoms with van der Waals surface area (Å²) in [6, 6.07) is 9.94. The van der Waals surface area contributed by atoms with Crippen LogP contribution < -0.4 is 4.90 Å². The molecule has 1 fully saturated rings. The lowest BCUT2D eigenvalue weighted by Crippen LogP contribution is -2.37. The number of hydrogen-bond acceptors (Lipinski definition) is 7. The summed E-state index contributed by atoms with van der Waals surface area (Å²) in [5.41, 5.74) is 4.32. The lowest BCUT2D eigenvalue weighted by atomic mass is 10.0. The Morgan fingerprint density at radius 1 is 1.14 bits per heavy atom. The van der Waals surface area contributed by atoms with Gasteiger partial charge in [-0.25, -0.2) is 4.79 Å². The van der Waals surface area contributed by atoms with E-state index in [1.165, 1.54) is 0 Å². The number of allylic oxidation sites excluding steroid dienone is 1. The molecule has 2 aliphatic rings. The Balaban J connectivity index is 1.58. The molecule has 0 bridgehead atoms. The largest absolute Gasteiger partial charge is 0.461 e. The van der Waals surface area contributed by atoms with E-state index in [1.54, 1.807) is 6.92 Å². The molecule has 0 radical (unpaired) electrons. The molecule has 0 unspecified atom stereocenters. The number of morpholine rings is 1. The summed E-state index contributed by atoms with van der Waals surface area (Å²) in [4.78, 5) is 33.0. The highest BCUT2D eigenvalue weighted by molar-refractivity contribution is 5.93. The van der Waals surface area contributed by atoms with Gasteiger partial charge in [-0.05, 0) is 49.6 Å². The molecule has 1 aliphatic carbocycles. The number of aromatic amines is 1. The van der Waals surface area contributed by atoms with Gasteiger partial charge in [0, 0.05) is 35.8 Å². The first kappa shape index (κ1) is 21.5. The Kier molecular flexibility index (Phi) is 5.54. The van der Waals surface area contributed by atoms with Crippen molar-refractivity contribution in [1.82, 2.24) is 24.5 Å². The van der Waals surface area contributed by atoms with E-state index in [9.17, 15) is 4.79 Å². The Labute approximate surface area is 202 Å². The molecule has 6 rings (SSSR count).